The molecule has 0 aliphatic heterocycles. The number of aromatic nitrogens is 1. The maximum absolute atomic E-state index is 11.0. The molecule has 1 heterocycles. The number of hydrogen-bond donors (Lipinski definition) is 1. The molecule has 0 unspecified atom stereocenters. The average Bonchev–Trinajstić information content (AvgIpc) is 3.04. The molecule has 0 bridgehead atoms. The molecule has 0 saturated carbocycles. The molecule has 1 N–H and O–H groups in total. The maximum Gasteiger partial charge on any atom is 0.355 e. The largest absolute Gasteiger partial charge is 0.489 e. The molecule has 0 atom stereocenters. The molecule has 1 aromatic heterocycles. The summed E-state index contributed by atoms with van der Waals surface area (Å²) in [6, 6.07) is 14.0. The molecule has 3 aromatic rings. The quantitative estimate of drug-likeness (QED) is 0.607. The number of rotatable bonds is 6. The first-order valence-electron chi connectivity index (χ1n) is 7.66. The van der Waals surface area contributed by atoms with E-state index in [9.17, 15) is 4.79 Å². The highest BCUT2D eigenvalue weighted by molar-refractivity contribution is 9.10. The van der Waals surface area contributed by atoms with Gasteiger partial charge < -0.3 is 9.84 Å². The molecule has 6 heteroatoms. The molecule has 25 heavy (non-hydrogen) atoms. The monoisotopic (exact) mass is 417 g/mol. The SMILES string of the molecule is Cc1ccc(OCc2ccc(Br)cc2)c(Cc2nc(C(=O)O)cs2)c1. The van der Waals surface area contributed by atoms with Gasteiger partial charge in [-0.05, 0) is 30.7 Å². The number of carboxylic acids is 1. The van der Waals surface area contributed by atoms with Crippen LogP contribution in [0.2, 0.25) is 0 Å². The highest BCUT2D eigenvalue weighted by Gasteiger charge is 2.12. The van der Waals surface area contributed by atoms with Crippen LogP contribution in [0.1, 0.15) is 32.2 Å². The number of carbonyl (C=O) groups is 1. The van der Waals surface area contributed by atoms with E-state index in [2.05, 4.69) is 27.0 Å². The number of halogens is 1. The Kier molecular flexibility index (Phi) is 5.50. The molecule has 0 saturated heterocycles. The van der Waals surface area contributed by atoms with E-state index >= 15 is 0 Å². The molecule has 128 valence electrons. The van der Waals surface area contributed by atoms with Gasteiger partial charge in [-0.2, -0.15) is 0 Å². The van der Waals surface area contributed by atoms with Crippen LogP contribution < -0.4 is 4.74 Å². The van der Waals surface area contributed by atoms with Crippen molar-refractivity contribution >= 4 is 33.2 Å². The Labute approximate surface area is 158 Å². The van der Waals surface area contributed by atoms with Crippen molar-refractivity contribution in [3.05, 3.63) is 79.7 Å². The van der Waals surface area contributed by atoms with Gasteiger partial charge in [-0.25, -0.2) is 9.78 Å². The minimum absolute atomic E-state index is 0.0879. The van der Waals surface area contributed by atoms with Gasteiger partial charge in [0.05, 0.1) is 5.01 Å². The van der Waals surface area contributed by atoms with Crippen molar-refractivity contribution in [2.75, 3.05) is 0 Å². The molecule has 0 radical (unpaired) electrons. The Balaban J connectivity index is 1.77. The van der Waals surface area contributed by atoms with E-state index in [0.717, 1.165) is 31.9 Å². The van der Waals surface area contributed by atoms with Gasteiger partial charge in [-0.3, -0.25) is 0 Å². The van der Waals surface area contributed by atoms with Crippen LogP contribution in [-0.4, -0.2) is 16.1 Å². The Bertz CT molecular complexity index is 890. The second-order valence-electron chi connectivity index (χ2n) is 5.63. The van der Waals surface area contributed by atoms with Crippen LogP contribution in [0.15, 0.2) is 52.3 Å². The highest BCUT2D eigenvalue weighted by Crippen LogP contribution is 2.25. The van der Waals surface area contributed by atoms with E-state index in [4.69, 9.17) is 9.84 Å². The summed E-state index contributed by atoms with van der Waals surface area (Å²) in [5, 5.41) is 11.3. The lowest BCUT2D eigenvalue weighted by Crippen LogP contribution is -2.01. The molecule has 3 rings (SSSR count). The Morgan fingerprint density at radius 1 is 1.24 bits per heavy atom. The number of nitrogens with zero attached hydrogens (tertiary/aromatic N) is 1. The van der Waals surface area contributed by atoms with E-state index < -0.39 is 5.97 Å². The number of benzene rings is 2. The fraction of sp³-hybridized carbons (Fsp3) is 0.158. The van der Waals surface area contributed by atoms with Gasteiger partial charge in [-0.1, -0.05) is 45.8 Å². The lowest BCUT2D eigenvalue weighted by atomic mass is 10.1. The van der Waals surface area contributed by atoms with Crippen molar-refractivity contribution in [1.82, 2.24) is 4.98 Å². The molecule has 4 nitrogen and oxygen atoms in total. The fourth-order valence-electron chi connectivity index (χ4n) is 2.38. The summed E-state index contributed by atoms with van der Waals surface area (Å²) in [5.74, 6) is -0.209. The van der Waals surface area contributed by atoms with Crippen molar-refractivity contribution in [3.8, 4) is 5.75 Å². The van der Waals surface area contributed by atoms with Crippen LogP contribution in [0.3, 0.4) is 0 Å². The Morgan fingerprint density at radius 3 is 2.68 bits per heavy atom. The molecular weight excluding hydrogens is 402 g/mol. The minimum Gasteiger partial charge on any atom is -0.489 e. The first-order chi connectivity index (χ1) is 12.0. The molecule has 0 aliphatic rings. The predicted octanol–water partition coefficient (Wildman–Crippen LogP) is 5.08. The predicted molar refractivity (Wildman–Crippen MR) is 102 cm³/mol. The molecule has 0 amide bonds. The third kappa shape index (κ3) is 4.67. The van der Waals surface area contributed by atoms with E-state index in [1.807, 2.05) is 43.3 Å². The van der Waals surface area contributed by atoms with Gasteiger partial charge >= 0.3 is 5.97 Å². The van der Waals surface area contributed by atoms with E-state index in [1.54, 1.807) is 5.38 Å². The molecule has 0 fully saturated rings. The van der Waals surface area contributed by atoms with E-state index in [-0.39, 0.29) is 5.69 Å². The van der Waals surface area contributed by atoms with Gasteiger partial charge in [0.25, 0.3) is 0 Å². The zero-order valence-electron chi connectivity index (χ0n) is 13.5. The molecule has 2 aromatic carbocycles. The molecule has 0 spiro atoms. The van der Waals surface area contributed by atoms with Crippen molar-refractivity contribution in [3.63, 3.8) is 0 Å². The normalized spacial score (nSPS) is 10.6. The van der Waals surface area contributed by atoms with Gasteiger partial charge in [0.15, 0.2) is 5.69 Å². The third-order valence-corrected chi connectivity index (χ3v) is 5.01. The Hall–Kier alpha value is -2.18. The number of aromatic carboxylic acids is 1. The first-order valence-corrected chi connectivity index (χ1v) is 9.33. The number of hydrogen-bond acceptors (Lipinski definition) is 4. The maximum atomic E-state index is 11.0. The summed E-state index contributed by atoms with van der Waals surface area (Å²) in [7, 11) is 0. The summed E-state index contributed by atoms with van der Waals surface area (Å²) in [5.41, 5.74) is 3.30. The van der Waals surface area contributed by atoms with Gasteiger partial charge in [-0.15, -0.1) is 11.3 Å². The smallest absolute Gasteiger partial charge is 0.355 e. The number of carboxylic acid groups (broad SMARTS) is 1. The second kappa shape index (κ2) is 7.80. The zero-order valence-corrected chi connectivity index (χ0v) is 15.9. The second-order valence-corrected chi connectivity index (χ2v) is 7.49. The summed E-state index contributed by atoms with van der Waals surface area (Å²) >= 11 is 4.77. The molecule has 0 aliphatic carbocycles. The summed E-state index contributed by atoms with van der Waals surface area (Å²) in [4.78, 5) is 15.1. The summed E-state index contributed by atoms with van der Waals surface area (Å²) < 4.78 is 7.02. The molecular formula is C19H16BrNO3S. The van der Waals surface area contributed by atoms with Crippen LogP contribution in [0, 0.1) is 6.92 Å². The van der Waals surface area contributed by atoms with Crippen LogP contribution in [-0.2, 0) is 13.0 Å². The highest BCUT2D eigenvalue weighted by atomic mass is 79.9. The van der Waals surface area contributed by atoms with Gasteiger partial charge in [0, 0.05) is 21.8 Å². The van der Waals surface area contributed by atoms with Crippen LogP contribution >= 0.6 is 27.3 Å². The zero-order chi connectivity index (χ0) is 17.8. The fourth-order valence-corrected chi connectivity index (χ4v) is 3.44. The summed E-state index contributed by atoms with van der Waals surface area (Å²) in [6.07, 6.45) is 0.551. The van der Waals surface area contributed by atoms with Crippen LogP contribution in [0.4, 0.5) is 0 Å². The van der Waals surface area contributed by atoms with Crippen molar-refractivity contribution in [1.29, 1.82) is 0 Å². The first kappa shape index (κ1) is 17.6. The number of thiazole rings is 1. The van der Waals surface area contributed by atoms with Crippen molar-refractivity contribution in [2.45, 2.75) is 20.0 Å². The average molecular weight is 418 g/mol. The topological polar surface area (TPSA) is 59.4 Å². The van der Waals surface area contributed by atoms with E-state index in [1.165, 1.54) is 11.3 Å². The van der Waals surface area contributed by atoms with Gasteiger partial charge in [0.1, 0.15) is 12.4 Å². The van der Waals surface area contributed by atoms with Crippen LogP contribution in [0.5, 0.6) is 5.75 Å². The number of ether oxygens (including phenoxy) is 1. The number of aryl methyl sites for hydroxylation is 1. The van der Waals surface area contributed by atoms with Crippen molar-refractivity contribution < 1.29 is 14.6 Å². The summed E-state index contributed by atoms with van der Waals surface area (Å²) in [6.45, 7) is 2.49. The minimum atomic E-state index is -1.00. The Morgan fingerprint density at radius 2 is 2.00 bits per heavy atom. The lowest BCUT2D eigenvalue weighted by Gasteiger charge is -2.12. The lowest BCUT2D eigenvalue weighted by molar-refractivity contribution is 0.0691. The van der Waals surface area contributed by atoms with Crippen molar-refractivity contribution in [2.24, 2.45) is 0 Å². The third-order valence-electron chi connectivity index (χ3n) is 3.64. The van der Waals surface area contributed by atoms with Crippen LogP contribution in [0.25, 0.3) is 0 Å². The standard InChI is InChI=1S/C19H16BrNO3S/c1-12-2-7-17(24-10-13-3-5-15(20)6-4-13)14(8-12)9-18-21-16(11-25-18)19(22)23/h2-8,11H,9-10H2,1H3,(H,22,23). The van der Waals surface area contributed by atoms with E-state index in [0.29, 0.717) is 13.0 Å². The van der Waals surface area contributed by atoms with Gasteiger partial charge in [0.2, 0.25) is 0 Å².